The van der Waals surface area contributed by atoms with Crippen LogP contribution in [-0.2, 0) is 12.1 Å². The Balaban J connectivity index is 1.67. The van der Waals surface area contributed by atoms with Gasteiger partial charge in [0.25, 0.3) is 0 Å². The predicted octanol–water partition coefficient (Wildman–Crippen LogP) is 3.83. The highest BCUT2D eigenvalue weighted by molar-refractivity contribution is 6.41. The van der Waals surface area contributed by atoms with Crippen LogP contribution >= 0.6 is 0 Å². The van der Waals surface area contributed by atoms with Gasteiger partial charge in [0.05, 0.1) is 5.71 Å². The van der Waals surface area contributed by atoms with Crippen LogP contribution < -0.4 is 5.73 Å². The van der Waals surface area contributed by atoms with Crippen LogP contribution in [0, 0.1) is 17.3 Å². The van der Waals surface area contributed by atoms with Gasteiger partial charge in [-0.25, -0.2) is 4.99 Å². The zero-order chi connectivity index (χ0) is 18.6. The number of nitrogens with two attached hydrogens (primary N) is 1. The molecule has 4 heteroatoms. The molecule has 2 spiro atoms. The normalized spacial score (nSPS) is 24.1. The van der Waals surface area contributed by atoms with Gasteiger partial charge in [-0.05, 0) is 56.4 Å². The zero-order valence-electron chi connectivity index (χ0n) is 15.7. The third-order valence-corrected chi connectivity index (χ3v) is 6.39. The average Bonchev–Trinajstić information content (AvgIpc) is 3.09. The fourth-order valence-electron chi connectivity index (χ4n) is 4.89. The number of fused-ring (bicyclic) bond motifs is 3. The summed E-state index contributed by atoms with van der Waals surface area (Å²) in [5.41, 5.74) is 12.3. The van der Waals surface area contributed by atoms with E-state index in [2.05, 4.69) is 41.1 Å². The van der Waals surface area contributed by atoms with Gasteiger partial charge in [-0.15, -0.1) is 5.92 Å². The van der Waals surface area contributed by atoms with Gasteiger partial charge in [0.2, 0.25) is 0 Å². The lowest BCUT2D eigenvalue weighted by Crippen LogP contribution is -2.44. The minimum absolute atomic E-state index is 0.101. The molecule has 1 saturated carbocycles. The number of aliphatic imine (C=N–C) groups is 2. The molecule has 0 radical (unpaired) electrons. The van der Waals surface area contributed by atoms with E-state index in [0.29, 0.717) is 5.84 Å². The van der Waals surface area contributed by atoms with Gasteiger partial charge >= 0.3 is 0 Å². The smallest absolute Gasteiger partial charge is 0.184 e. The highest BCUT2D eigenvalue weighted by atomic mass is 15.2. The number of benzene rings is 1. The van der Waals surface area contributed by atoms with Crippen molar-refractivity contribution in [3.8, 4) is 23.0 Å². The molecule has 1 aromatic carbocycles. The Bertz CT molecular complexity index is 1060. The van der Waals surface area contributed by atoms with Crippen LogP contribution in [0.2, 0.25) is 0 Å². The highest BCUT2D eigenvalue weighted by Gasteiger charge is 2.62. The molecule has 0 bridgehead atoms. The quantitative estimate of drug-likeness (QED) is 0.791. The number of amidine groups is 1. The molecule has 3 aliphatic rings. The van der Waals surface area contributed by atoms with E-state index in [1.807, 2.05) is 20.0 Å². The van der Waals surface area contributed by atoms with E-state index in [-0.39, 0.29) is 5.41 Å². The van der Waals surface area contributed by atoms with E-state index >= 15 is 0 Å². The molecule has 1 atom stereocenters. The maximum atomic E-state index is 6.19. The number of nitrogens with zero attached hydrogens (tertiary/aromatic N) is 3. The van der Waals surface area contributed by atoms with E-state index in [0.717, 1.165) is 41.7 Å². The van der Waals surface area contributed by atoms with E-state index in [4.69, 9.17) is 15.7 Å². The lowest BCUT2D eigenvalue weighted by atomic mass is 9.61. The van der Waals surface area contributed by atoms with Crippen LogP contribution in [0.1, 0.15) is 49.8 Å². The van der Waals surface area contributed by atoms with E-state index in [1.165, 1.54) is 17.5 Å². The third-order valence-electron chi connectivity index (χ3n) is 6.39. The van der Waals surface area contributed by atoms with Crippen molar-refractivity contribution < 1.29 is 0 Å². The van der Waals surface area contributed by atoms with Gasteiger partial charge in [-0.3, -0.25) is 9.98 Å². The second kappa shape index (κ2) is 5.53. The number of hydrogen-bond acceptors (Lipinski definition) is 4. The summed E-state index contributed by atoms with van der Waals surface area (Å²) >= 11 is 0. The molecule has 5 rings (SSSR count). The highest BCUT2D eigenvalue weighted by Crippen LogP contribution is 2.64. The number of rotatable bonds is 1. The van der Waals surface area contributed by atoms with Gasteiger partial charge in [0.1, 0.15) is 5.84 Å². The first kappa shape index (κ1) is 16.3. The largest absolute Gasteiger partial charge is 0.382 e. The van der Waals surface area contributed by atoms with Gasteiger partial charge in [-0.2, -0.15) is 0 Å². The molecule has 1 aliphatic heterocycles. The molecule has 2 aliphatic carbocycles. The molecule has 0 unspecified atom stereocenters. The number of hydrogen-bond donors (Lipinski definition) is 1. The third kappa shape index (κ3) is 2.15. The Morgan fingerprint density at radius 1 is 1.07 bits per heavy atom. The molecule has 1 fully saturated rings. The van der Waals surface area contributed by atoms with Crippen molar-refractivity contribution in [2.75, 3.05) is 0 Å². The van der Waals surface area contributed by atoms with Crippen LogP contribution in [0.4, 0.5) is 0 Å². The molecule has 0 amide bonds. The Morgan fingerprint density at radius 3 is 2.59 bits per heavy atom. The molecule has 27 heavy (non-hydrogen) atoms. The first-order chi connectivity index (χ1) is 13.1. The Hall–Kier alpha value is -2.93. The van der Waals surface area contributed by atoms with Gasteiger partial charge in [0, 0.05) is 34.5 Å². The molecule has 0 saturated heterocycles. The van der Waals surface area contributed by atoms with Crippen molar-refractivity contribution >= 4 is 11.5 Å². The Labute approximate surface area is 159 Å². The van der Waals surface area contributed by atoms with E-state index in [1.54, 1.807) is 6.20 Å². The van der Waals surface area contributed by atoms with E-state index < -0.39 is 5.66 Å². The van der Waals surface area contributed by atoms with Crippen molar-refractivity contribution in [3.05, 3.63) is 53.3 Å². The van der Waals surface area contributed by atoms with Crippen molar-refractivity contribution in [1.29, 1.82) is 0 Å². The molecular formula is C23H22N4. The van der Waals surface area contributed by atoms with Crippen LogP contribution in [-0.4, -0.2) is 16.5 Å². The SMILES string of the molecule is CC#Cc1cncc(-c2ccc3c(c2)[C@@]2(N=C(C)C(N)=N2)C2(CCC2)C3)c1. The lowest BCUT2D eigenvalue weighted by molar-refractivity contribution is 0.0475. The maximum Gasteiger partial charge on any atom is 0.184 e. The summed E-state index contributed by atoms with van der Waals surface area (Å²) in [4.78, 5) is 14.4. The molecule has 1 aromatic heterocycles. The topological polar surface area (TPSA) is 63.6 Å². The fourth-order valence-corrected chi connectivity index (χ4v) is 4.89. The van der Waals surface area contributed by atoms with Crippen molar-refractivity contribution in [3.63, 3.8) is 0 Å². The van der Waals surface area contributed by atoms with Gasteiger partial charge in [-0.1, -0.05) is 24.5 Å². The summed E-state index contributed by atoms with van der Waals surface area (Å²) in [6, 6.07) is 8.77. The zero-order valence-corrected chi connectivity index (χ0v) is 15.7. The maximum absolute atomic E-state index is 6.19. The van der Waals surface area contributed by atoms with Gasteiger partial charge < -0.3 is 5.73 Å². The van der Waals surface area contributed by atoms with Crippen molar-refractivity contribution in [2.24, 2.45) is 21.1 Å². The first-order valence-corrected chi connectivity index (χ1v) is 9.51. The molecule has 2 aromatic rings. The van der Waals surface area contributed by atoms with Crippen molar-refractivity contribution in [1.82, 2.24) is 4.98 Å². The minimum atomic E-state index is -0.529. The lowest BCUT2D eigenvalue weighted by Gasteiger charge is -2.47. The average molecular weight is 354 g/mol. The molecular weight excluding hydrogens is 332 g/mol. The summed E-state index contributed by atoms with van der Waals surface area (Å²) in [7, 11) is 0. The van der Waals surface area contributed by atoms with E-state index in [9.17, 15) is 0 Å². The Kier molecular flexibility index (Phi) is 3.33. The molecule has 134 valence electrons. The second-order valence-corrected chi connectivity index (χ2v) is 7.89. The fraction of sp³-hybridized carbons (Fsp3) is 0.348. The summed E-state index contributed by atoms with van der Waals surface area (Å²) < 4.78 is 0. The molecule has 4 nitrogen and oxygen atoms in total. The van der Waals surface area contributed by atoms with Crippen molar-refractivity contribution in [2.45, 2.75) is 45.2 Å². The van der Waals surface area contributed by atoms with Crippen LogP contribution in [0.25, 0.3) is 11.1 Å². The standard InChI is InChI=1S/C23H22N4/c1-3-5-16-10-19(14-25-13-16)17-6-7-18-12-22(8-4-9-22)23(20(18)11-17)26-15(2)21(24)27-23/h6-7,10-11,13-14H,4,8-9,12H2,1-2H3,(H2,24,27)/t23-/m0/s1. The van der Waals surface area contributed by atoms with Crippen LogP contribution in [0.5, 0.6) is 0 Å². The van der Waals surface area contributed by atoms with Crippen LogP contribution in [0.15, 0.2) is 46.6 Å². The minimum Gasteiger partial charge on any atom is -0.382 e. The van der Waals surface area contributed by atoms with Crippen LogP contribution in [0.3, 0.4) is 0 Å². The number of pyridine rings is 1. The Morgan fingerprint density at radius 2 is 1.93 bits per heavy atom. The summed E-state index contributed by atoms with van der Waals surface area (Å²) in [6.45, 7) is 3.81. The summed E-state index contributed by atoms with van der Waals surface area (Å²) in [6.07, 6.45) is 8.29. The summed E-state index contributed by atoms with van der Waals surface area (Å²) in [5.74, 6) is 6.61. The van der Waals surface area contributed by atoms with Gasteiger partial charge in [0.15, 0.2) is 5.66 Å². The molecule has 2 N–H and O–H groups in total. The molecule has 2 heterocycles. The second-order valence-electron chi connectivity index (χ2n) is 7.89. The summed E-state index contributed by atoms with van der Waals surface area (Å²) in [5, 5.41) is 0. The first-order valence-electron chi connectivity index (χ1n) is 9.51. The number of aromatic nitrogens is 1. The predicted molar refractivity (Wildman–Crippen MR) is 109 cm³/mol. The monoisotopic (exact) mass is 354 g/mol.